The van der Waals surface area contributed by atoms with E-state index in [0.717, 1.165) is 38.2 Å². The number of carbonyl (C=O) groups excluding carboxylic acids is 1. The highest BCUT2D eigenvalue weighted by Crippen LogP contribution is 2.18. The van der Waals surface area contributed by atoms with E-state index in [9.17, 15) is 4.79 Å². The first-order valence-corrected chi connectivity index (χ1v) is 7.28. The molecule has 0 radical (unpaired) electrons. The molecule has 1 fully saturated rings. The summed E-state index contributed by atoms with van der Waals surface area (Å²) in [5.41, 5.74) is 1.19. The van der Waals surface area contributed by atoms with Crippen LogP contribution in [-0.2, 0) is 11.2 Å². The molecule has 1 unspecified atom stereocenters. The number of carbonyl (C=O) groups is 1. The Kier molecular flexibility index (Phi) is 7.54. The maximum atomic E-state index is 12.2. The second-order valence-electron chi connectivity index (χ2n) is 5.40. The zero-order valence-electron chi connectivity index (χ0n) is 12.8. The Labute approximate surface area is 133 Å². The summed E-state index contributed by atoms with van der Waals surface area (Å²) in [4.78, 5) is 14.2. The van der Waals surface area contributed by atoms with Gasteiger partial charge in [-0.05, 0) is 50.0 Å². The van der Waals surface area contributed by atoms with E-state index in [4.69, 9.17) is 4.74 Å². The van der Waals surface area contributed by atoms with E-state index in [0.29, 0.717) is 12.3 Å². The summed E-state index contributed by atoms with van der Waals surface area (Å²) in [7, 11) is 3.63. The number of methoxy groups -OCH3 is 1. The number of halogens is 1. The van der Waals surface area contributed by atoms with Gasteiger partial charge in [-0.25, -0.2) is 0 Å². The average molecular weight is 313 g/mol. The summed E-state index contributed by atoms with van der Waals surface area (Å²) in [5, 5.41) is 3.19. The van der Waals surface area contributed by atoms with Gasteiger partial charge in [0.05, 0.1) is 7.11 Å². The number of ether oxygens (including phenoxy) is 1. The predicted octanol–water partition coefficient (Wildman–Crippen LogP) is 2.12. The van der Waals surface area contributed by atoms with Gasteiger partial charge in [-0.3, -0.25) is 4.79 Å². The van der Waals surface area contributed by atoms with Crippen LogP contribution in [0, 0.1) is 5.92 Å². The fourth-order valence-corrected chi connectivity index (χ4v) is 2.72. The Hall–Kier alpha value is -1.26. The molecule has 0 bridgehead atoms. The van der Waals surface area contributed by atoms with Crippen molar-refractivity contribution < 1.29 is 9.53 Å². The first kappa shape index (κ1) is 17.8. The van der Waals surface area contributed by atoms with Crippen molar-refractivity contribution in [3.63, 3.8) is 0 Å². The first-order valence-electron chi connectivity index (χ1n) is 7.28. The summed E-state index contributed by atoms with van der Waals surface area (Å²) in [6, 6.07) is 7.94. The van der Waals surface area contributed by atoms with Crippen LogP contribution in [0.15, 0.2) is 24.3 Å². The van der Waals surface area contributed by atoms with Gasteiger partial charge in [0.25, 0.3) is 0 Å². The molecule has 0 spiro atoms. The molecule has 1 N–H and O–H groups in total. The SMILES string of the molecule is CNCC1CCN(C(=O)CCc2ccc(OC)cc2)C1.Cl. The molecule has 0 aliphatic carbocycles. The second kappa shape index (κ2) is 8.90. The van der Waals surface area contributed by atoms with Crippen molar-refractivity contribution in [3.05, 3.63) is 29.8 Å². The fourth-order valence-electron chi connectivity index (χ4n) is 2.72. The van der Waals surface area contributed by atoms with E-state index in [1.807, 2.05) is 36.2 Å². The number of nitrogens with one attached hydrogen (secondary N) is 1. The van der Waals surface area contributed by atoms with Crippen molar-refractivity contribution >= 4 is 18.3 Å². The van der Waals surface area contributed by atoms with E-state index >= 15 is 0 Å². The molecule has 5 heteroatoms. The molecule has 1 atom stereocenters. The van der Waals surface area contributed by atoms with Gasteiger partial charge in [0.1, 0.15) is 5.75 Å². The molecule has 21 heavy (non-hydrogen) atoms. The van der Waals surface area contributed by atoms with Crippen LogP contribution in [0.3, 0.4) is 0 Å². The summed E-state index contributed by atoms with van der Waals surface area (Å²) >= 11 is 0. The number of likely N-dealkylation sites (tertiary alicyclic amines) is 1. The van der Waals surface area contributed by atoms with Gasteiger partial charge in [-0.1, -0.05) is 12.1 Å². The molecule has 1 heterocycles. The zero-order valence-corrected chi connectivity index (χ0v) is 13.6. The van der Waals surface area contributed by atoms with Crippen LogP contribution >= 0.6 is 12.4 Å². The molecular weight excluding hydrogens is 288 g/mol. The van der Waals surface area contributed by atoms with Crippen LogP contribution in [0.4, 0.5) is 0 Å². The Morgan fingerprint density at radius 3 is 2.71 bits per heavy atom. The van der Waals surface area contributed by atoms with Gasteiger partial charge < -0.3 is 15.0 Å². The number of hydrogen-bond acceptors (Lipinski definition) is 3. The van der Waals surface area contributed by atoms with Crippen LogP contribution < -0.4 is 10.1 Å². The lowest BCUT2D eigenvalue weighted by Crippen LogP contribution is -2.30. The van der Waals surface area contributed by atoms with Gasteiger partial charge in [0.2, 0.25) is 5.91 Å². The maximum absolute atomic E-state index is 12.2. The summed E-state index contributed by atoms with van der Waals surface area (Å²) in [5.74, 6) is 1.75. The molecular formula is C16H25ClN2O2. The molecule has 0 saturated carbocycles. The predicted molar refractivity (Wildman–Crippen MR) is 87.2 cm³/mol. The summed E-state index contributed by atoms with van der Waals surface area (Å²) in [6.07, 6.45) is 2.52. The smallest absolute Gasteiger partial charge is 0.222 e. The number of rotatable bonds is 6. The van der Waals surface area contributed by atoms with Crippen molar-refractivity contribution in [1.29, 1.82) is 0 Å². The average Bonchev–Trinajstić information content (AvgIpc) is 2.94. The quantitative estimate of drug-likeness (QED) is 0.875. The number of amides is 1. The molecule has 1 aliphatic heterocycles. The highest BCUT2D eigenvalue weighted by atomic mass is 35.5. The monoisotopic (exact) mass is 312 g/mol. The Morgan fingerprint density at radius 1 is 1.38 bits per heavy atom. The van der Waals surface area contributed by atoms with Crippen LogP contribution in [-0.4, -0.2) is 44.6 Å². The topological polar surface area (TPSA) is 41.6 Å². The number of hydrogen-bond donors (Lipinski definition) is 1. The molecule has 1 saturated heterocycles. The number of benzene rings is 1. The molecule has 1 aromatic rings. The van der Waals surface area contributed by atoms with Gasteiger partial charge >= 0.3 is 0 Å². The third-order valence-electron chi connectivity index (χ3n) is 3.92. The highest BCUT2D eigenvalue weighted by molar-refractivity contribution is 5.85. The summed E-state index contributed by atoms with van der Waals surface area (Å²) < 4.78 is 5.13. The van der Waals surface area contributed by atoms with Crippen LogP contribution in [0.2, 0.25) is 0 Å². The van der Waals surface area contributed by atoms with Gasteiger partial charge in [0.15, 0.2) is 0 Å². The van der Waals surface area contributed by atoms with E-state index in [1.54, 1.807) is 7.11 Å². The normalized spacial score (nSPS) is 17.4. The minimum Gasteiger partial charge on any atom is -0.497 e. The second-order valence-corrected chi connectivity index (χ2v) is 5.40. The highest BCUT2D eigenvalue weighted by Gasteiger charge is 2.25. The molecule has 118 valence electrons. The lowest BCUT2D eigenvalue weighted by atomic mass is 10.1. The molecule has 0 aromatic heterocycles. The molecule has 2 rings (SSSR count). The van der Waals surface area contributed by atoms with Crippen LogP contribution in [0.25, 0.3) is 0 Å². The maximum Gasteiger partial charge on any atom is 0.222 e. The molecule has 1 aromatic carbocycles. The molecule has 4 nitrogen and oxygen atoms in total. The van der Waals surface area contributed by atoms with Crippen molar-refractivity contribution in [3.8, 4) is 5.75 Å². The van der Waals surface area contributed by atoms with Crippen molar-refractivity contribution in [2.24, 2.45) is 5.92 Å². The Morgan fingerprint density at radius 2 is 2.10 bits per heavy atom. The lowest BCUT2D eigenvalue weighted by molar-refractivity contribution is -0.130. The largest absolute Gasteiger partial charge is 0.497 e. The van der Waals surface area contributed by atoms with Crippen molar-refractivity contribution in [2.45, 2.75) is 19.3 Å². The van der Waals surface area contributed by atoms with E-state index in [2.05, 4.69) is 5.32 Å². The third-order valence-corrected chi connectivity index (χ3v) is 3.92. The van der Waals surface area contributed by atoms with Crippen molar-refractivity contribution in [1.82, 2.24) is 10.2 Å². The molecule has 1 amide bonds. The minimum absolute atomic E-state index is 0. The van der Waals surface area contributed by atoms with Crippen LogP contribution in [0.5, 0.6) is 5.75 Å². The van der Waals surface area contributed by atoms with Crippen molar-refractivity contribution in [2.75, 3.05) is 33.8 Å². The van der Waals surface area contributed by atoms with E-state index in [-0.39, 0.29) is 18.3 Å². The number of nitrogens with zero attached hydrogens (tertiary/aromatic N) is 1. The minimum atomic E-state index is 0. The standard InChI is InChI=1S/C16H24N2O2.ClH/c1-17-11-14-9-10-18(12-14)16(19)8-5-13-3-6-15(20-2)7-4-13;/h3-4,6-7,14,17H,5,8-12H2,1-2H3;1H. The van der Waals surface area contributed by atoms with Gasteiger partial charge in [0, 0.05) is 19.5 Å². The first-order chi connectivity index (χ1) is 9.72. The van der Waals surface area contributed by atoms with Crippen LogP contribution in [0.1, 0.15) is 18.4 Å². The van der Waals surface area contributed by atoms with Gasteiger partial charge in [-0.15, -0.1) is 12.4 Å². The zero-order chi connectivity index (χ0) is 14.4. The third kappa shape index (κ3) is 5.21. The summed E-state index contributed by atoms with van der Waals surface area (Å²) in [6.45, 7) is 2.82. The van der Waals surface area contributed by atoms with E-state index < -0.39 is 0 Å². The fraction of sp³-hybridized carbons (Fsp3) is 0.562. The van der Waals surface area contributed by atoms with Gasteiger partial charge in [-0.2, -0.15) is 0 Å². The lowest BCUT2D eigenvalue weighted by Gasteiger charge is -2.16. The van der Waals surface area contributed by atoms with E-state index in [1.165, 1.54) is 5.56 Å². The molecule has 1 aliphatic rings. The Bertz CT molecular complexity index is 436. The Balaban J connectivity index is 0.00000220. The number of aryl methyl sites for hydroxylation is 1.